The minimum absolute atomic E-state index is 0.482. The Morgan fingerprint density at radius 2 is 1.75 bits per heavy atom. The van der Waals surface area contributed by atoms with Gasteiger partial charge < -0.3 is 5.32 Å². The molecule has 2 fully saturated rings. The third kappa shape index (κ3) is 4.23. The van der Waals surface area contributed by atoms with Gasteiger partial charge in [-0.3, -0.25) is 0 Å². The van der Waals surface area contributed by atoms with E-state index in [1.54, 1.807) is 0 Å². The summed E-state index contributed by atoms with van der Waals surface area (Å²) < 4.78 is 2.00. The third-order valence-electron chi connectivity index (χ3n) is 7.68. The van der Waals surface area contributed by atoms with Crippen LogP contribution in [0.4, 0.5) is 0 Å². The van der Waals surface area contributed by atoms with Gasteiger partial charge in [0.2, 0.25) is 0 Å². The van der Waals surface area contributed by atoms with E-state index in [2.05, 4.69) is 43.4 Å². The van der Waals surface area contributed by atoms with Crippen molar-refractivity contribution in [1.82, 2.24) is 20.1 Å². The van der Waals surface area contributed by atoms with Crippen LogP contribution in [-0.4, -0.2) is 27.9 Å². The second-order valence-electron chi connectivity index (χ2n) is 9.92. The second kappa shape index (κ2) is 8.99. The van der Waals surface area contributed by atoms with Crippen LogP contribution in [-0.2, 0) is 6.42 Å². The van der Waals surface area contributed by atoms with E-state index >= 15 is 0 Å². The van der Waals surface area contributed by atoms with E-state index in [1.165, 1.54) is 37.7 Å². The van der Waals surface area contributed by atoms with E-state index in [9.17, 15) is 0 Å². The Hall–Kier alpha value is -2.17. The van der Waals surface area contributed by atoms with Gasteiger partial charge in [0.05, 0.1) is 5.69 Å². The SMILES string of the molecule is CC(C)c1ccc(-c2nc(CC3CCCC34CCNCC4)nn2-c2ccc(Cl)cc2)cc1. The minimum Gasteiger partial charge on any atom is -0.317 e. The third-order valence-corrected chi connectivity index (χ3v) is 7.93. The van der Waals surface area contributed by atoms with E-state index < -0.39 is 0 Å². The summed E-state index contributed by atoms with van der Waals surface area (Å²) in [7, 11) is 0. The summed E-state index contributed by atoms with van der Waals surface area (Å²) in [6, 6.07) is 16.7. The summed E-state index contributed by atoms with van der Waals surface area (Å²) in [5.41, 5.74) is 3.92. The minimum atomic E-state index is 0.482. The van der Waals surface area contributed by atoms with E-state index in [0.717, 1.165) is 47.4 Å². The van der Waals surface area contributed by atoms with E-state index in [-0.39, 0.29) is 0 Å². The van der Waals surface area contributed by atoms with Crippen LogP contribution in [0.25, 0.3) is 17.1 Å². The molecule has 2 heterocycles. The van der Waals surface area contributed by atoms with Gasteiger partial charge in [-0.05, 0) is 85.9 Å². The first kappa shape index (κ1) is 21.7. The van der Waals surface area contributed by atoms with Gasteiger partial charge in [0.25, 0.3) is 0 Å². The van der Waals surface area contributed by atoms with E-state index in [0.29, 0.717) is 17.3 Å². The Labute approximate surface area is 196 Å². The molecule has 1 aliphatic heterocycles. The Kier molecular flexibility index (Phi) is 6.09. The molecule has 0 bridgehead atoms. The molecule has 2 aromatic carbocycles. The molecule has 3 aromatic rings. The van der Waals surface area contributed by atoms with Gasteiger partial charge >= 0.3 is 0 Å². The van der Waals surface area contributed by atoms with Gasteiger partial charge in [0.1, 0.15) is 0 Å². The number of aromatic nitrogens is 3. The Bertz CT molecular complexity index is 1050. The van der Waals surface area contributed by atoms with Crippen LogP contribution < -0.4 is 5.32 Å². The molecular weight excluding hydrogens is 416 g/mol. The quantitative estimate of drug-likeness (QED) is 0.489. The Morgan fingerprint density at radius 1 is 1.03 bits per heavy atom. The molecule has 1 aromatic heterocycles. The molecule has 1 saturated carbocycles. The number of rotatable bonds is 5. The van der Waals surface area contributed by atoms with Gasteiger partial charge in [-0.2, -0.15) is 5.10 Å². The normalized spacial score (nSPS) is 20.3. The highest BCUT2D eigenvalue weighted by Gasteiger charge is 2.43. The number of hydrogen-bond donors (Lipinski definition) is 1. The molecule has 1 unspecified atom stereocenters. The summed E-state index contributed by atoms with van der Waals surface area (Å²) in [5.74, 6) is 3.07. The second-order valence-corrected chi connectivity index (χ2v) is 10.4. The van der Waals surface area contributed by atoms with E-state index in [4.69, 9.17) is 21.7 Å². The van der Waals surface area contributed by atoms with Gasteiger partial charge in [0, 0.05) is 17.0 Å². The Balaban J connectivity index is 1.50. The molecule has 5 rings (SSSR count). The summed E-state index contributed by atoms with van der Waals surface area (Å²) >= 11 is 6.15. The highest BCUT2D eigenvalue weighted by molar-refractivity contribution is 6.30. The van der Waals surface area contributed by atoms with Crippen molar-refractivity contribution in [3.63, 3.8) is 0 Å². The first-order valence-electron chi connectivity index (χ1n) is 12.1. The maximum absolute atomic E-state index is 6.15. The number of piperidine rings is 1. The van der Waals surface area contributed by atoms with Crippen LogP contribution in [0.15, 0.2) is 48.5 Å². The highest BCUT2D eigenvalue weighted by Crippen LogP contribution is 2.50. The predicted octanol–water partition coefficient (Wildman–Crippen LogP) is 6.42. The molecule has 1 aliphatic carbocycles. The number of hydrogen-bond acceptors (Lipinski definition) is 3. The van der Waals surface area contributed by atoms with Crippen molar-refractivity contribution in [3.8, 4) is 17.1 Å². The van der Waals surface area contributed by atoms with E-state index in [1.807, 2.05) is 28.9 Å². The zero-order valence-corrected chi connectivity index (χ0v) is 19.9. The lowest BCUT2D eigenvalue weighted by Gasteiger charge is -2.39. The predicted molar refractivity (Wildman–Crippen MR) is 131 cm³/mol. The van der Waals surface area contributed by atoms with Crippen molar-refractivity contribution < 1.29 is 0 Å². The standard InChI is InChI=1S/C27H33ClN4/c1-19(2)20-5-7-21(8-6-20)26-30-25(31-32(26)24-11-9-23(28)10-12-24)18-22-4-3-13-27(22)14-16-29-17-15-27/h5-12,19,22,29H,3-4,13-18H2,1-2H3. The monoisotopic (exact) mass is 448 g/mol. The molecule has 168 valence electrons. The number of benzene rings is 2. The fourth-order valence-electron chi connectivity index (χ4n) is 5.74. The van der Waals surface area contributed by atoms with Crippen LogP contribution in [0.2, 0.25) is 5.02 Å². The van der Waals surface area contributed by atoms with Crippen molar-refractivity contribution in [2.45, 2.75) is 58.3 Å². The average Bonchev–Trinajstić information content (AvgIpc) is 3.40. The fraction of sp³-hybridized carbons (Fsp3) is 0.481. The topological polar surface area (TPSA) is 42.7 Å². The summed E-state index contributed by atoms with van der Waals surface area (Å²) in [4.78, 5) is 5.10. The summed E-state index contributed by atoms with van der Waals surface area (Å²) in [6.45, 7) is 6.75. The number of nitrogens with one attached hydrogen (secondary N) is 1. The summed E-state index contributed by atoms with van der Waals surface area (Å²) in [5, 5.41) is 9.31. The molecule has 5 heteroatoms. The zero-order chi connectivity index (χ0) is 22.1. The van der Waals surface area contributed by atoms with Crippen LogP contribution in [0.1, 0.15) is 63.3 Å². The van der Waals surface area contributed by atoms with Gasteiger partial charge in [-0.25, -0.2) is 9.67 Å². The average molecular weight is 449 g/mol. The molecule has 1 saturated heterocycles. The van der Waals surface area contributed by atoms with Crippen molar-refractivity contribution in [1.29, 1.82) is 0 Å². The smallest absolute Gasteiger partial charge is 0.163 e. The fourth-order valence-corrected chi connectivity index (χ4v) is 5.87. The number of halogens is 1. The molecule has 1 atom stereocenters. The maximum atomic E-state index is 6.15. The molecular formula is C27H33ClN4. The Morgan fingerprint density at radius 3 is 2.44 bits per heavy atom. The molecule has 32 heavy (non-hydrogen) atoms. The van der Waals surface area contributed by atoms with Crippen molar-refractivity contribution in [2.24, 2.45) is 11.3 Å². The van der Waals surface area contributed by atoms with Crippen LogP contribution in [0.3, 0.4) is 0 Å². The molecule has 2 aliphatic rings. The van der Waals surface area contributed by atoms with Gasteiger partial charge in [0.15, 0.2) is 11.6 Å². The molecule has 0 radical (unpaired) electrons. The van der Waals surface area contributed by atoms with Gasteiger partial charge in [-0.1, -0.05) is 56.1 Å². The van der Waals surface area contributed by atoms with Gasteiger partial charge in [-0.15, -0.1) is 0 Å². The lowest BCUT2D eigenvalue weighted by Crippen LogP contribution is -2.39. The first-order valence-corrected chi connectivity index (χ1v) is 12.4. The summed E-state index contributed by atoms with van der Waals surface area (Å²) in [6.07, 6.45) is 7.55. The molecule has 0 amide bonds. The van der Waals surface area contributed by atoms with Crippen molar-refractivity contribution >= 4 is 11.6 Å². The lowest BCUT2D eigenvalue weighted by molar-refractivity contribution is 0.136. The first-order chi connectivity index (χ1) is 15.5. The van der Waals surface area contributed by atoms with Crippen molar-refractivity contribution in [2.75, 3.05) is 13.1 Å². The maximum Gasteiger partial charge on any atom is 0.163 e. The zero-order valence-electron chi connectivity index (χ0n) is 19.1. The largest absolute Gasteiger partial charge is 0.317 e. The van der Waals surface area contributed by atoms with Crippen molar-refractivity contribution in [3.05, 3.63) is 64.9 Å². The van der Waals surface area contributed by atoms with Crippen LogP contribution in [0, 0.1) is 11.3 Å². The molecule has 4 nitrogen and oxygen atoms in total. The van der Waals surface area contributed by atoms with Crippen LogP contribution >= 0.6 is 11.6 Å². The molecule has 1 N–H and O–H groups in total. The molecule has 1 spiro atoms. The van der Waals surface area contributed by atoms with Crippen LogP contribution in [0.5, 0.6) is 0 Å². The number of nitrogens with zero attached hydrogens (tertiary/aromatic N) is 3. The highest BCUT2D eigenvalue weighted by atomic mass is 35.5. The lowest BCUT2D eigenvalue weighted by atomic mass is 9.70.